The fraction of sp³-hybridized carbons (Fsp3) is 1.00. The van der Waals surface area contributed by atoms with E-state index in [4.69, 9.17) is 4.74 Å². The van der Waals surface area contributed by atoms with E-state index in [0.29, 0.717) is 12.0 Å². The first-order valence-electron chi connectivity index (χ1n) is 7.58. The highest BCUT2D eigenvalue weighted by Crippen LogP contribution is 2.40. The van der Waals surface area contributed by atoms with Crippen LogP contribution in [-0.2, 0) is 4.74 Å². The van der Waals surface area contributed by atoms with Crippen LogP contribution in [0.15, 0.2) is 0 Å². The molecule has 0 saturated heterocycles. The van der Waals surface area contributed by atoms with Gasteiger partial charge in [-0.1, -0.05) is 13.8 Å². The third-order valence-electron chi connectivity index (χ3n) is 3.69. The molecule has 1 aliphatic rings. The number of nitrogens with zero attached hydrogens (tertiary/aromatic N) is 1. The van der Waals surface area contributed by atoms with Gasteiger partial charge in [-0.05, 0) is 39.7 Å². The van der Waals surface area contributed by atoms with Gasteiger partial charge >= 0.3 is 0 Å². The topological polar surface area (TPSA) is 44.7 Å². The summed E-state index contributed by atoms with van der Waals surface area (Å²) in [6.07, 6.45) is 2.75. The molecule has 1 aliphatic carbocycles. The lowest BCUT2D eigenvalue weighted by molar-refractivity contribution is 0.0456. The second kappa shape index (κ2) is 7.58. The van der Waals surface area contributed by atoms with Gasteiger partial charge in [0.25, 0.3) is 0 Å². The van der Waals surface area contributed by atoms with Gasteiger partial charge in [0.05, 0.1) is 24.9 Å². The highest BCUT2D eigenvalue weighted by atomic mass is 16.5. The summed E-state index contributed by atoms with van der Waals surface area (Å²) in [6.45, 7) is 11.2. The Morgan fingerprint density at radius 1 is 1.32 bits per heavy atom. The SMILES string of the molecule is CC(C)NC(CO)(CN(C)CCOC(C)C)C1CC1. The lowest BCUT2D eigenvalue weighted by atomic mass is 9.92. The molecule has 1 rings (SSSR count). The average molecular weight is 272 g/mol. The zero-order chi connectivity index (χ0) is 14.5. The van der Waals surface area contributed by atoms with E-state index in [1.54, 1.807) is 0 Å². The molecular formula is C15H32N2O2. The van der Waals surface area contributed by atoms with E-state index < -0.39 is 0 Å². The Bertz CT molecular complexity index is 255. The van der Waals surface area contributed by atoms with E-state index in [1.165, 1.54) is 12.8 Å². The Balaban J connectivity index is 2.47. The van der Waals surface area contributed by atoms with Gasteiger partial charge in [0.2, 0.25) is 0 Å². The standard InChI is InChI=1S/C15H32N2O2/c1-12(2)16-15(11-18,14-6-7-14)10-17(5)8-9-19-13(3)4/h12-14,16,18H,6-11H2,1-5H3. The van der Waals surface area contributed by atoms with Crippen LogP contribution >= 0.6 is 0 Å². The number of ether oxygens (including phenoxy) is 1. The maximum Gasteiger partial charge on any atom is 0.0628 e. The molecule has 0 bridgehead atoms. The zero-order valence-electron chi connectivity index (χ0n) is 13.3. The third-order valence-corrected chi connectivity index (χ3v) is 3.69. The van der Waals surface area contributed by atoms with Gasteiger partial charge in [-0.2, -0.15) is 0 Å². The summed E-state index contributed by atoms with van der Waals surface area (Å²) in [5.41, 5.74) is -0.138. The predicted molar refractivity (Wildman–Crippen MR) is 79.4 cm³/mol. The van der Waals surface area contributed by atoms with Crippen LogP contribution in [0.5, 0.6) is 0 Å². The molecule has 4 nitrogen and oxygen atoms in total. The minimum Gasteiger partial charge on any atom is -0.394 e. The van der Waals surface area contributed by atoms with Gasteiger partial charge in [0.1, 0.15) is 0 Å². The molecule has 4 heteroatoms. The summed E-state index contributed by atoms with van der Waals surface area (Å²) in [4.78, 5) is 2.27. The monoisotopic (exact) mass is 272 g/mol. The van der Waals surface area contributed by atoms with Crippen LogP contribution in [0.2, 0.25) is 0 Å². The fourth-order valence-electron chi connectivity index (χ4n) is 2.73. The van der Waals surface area contributed by atoms with Crippen molar-refractivity contribution >= 4 is 0 Å². The van der Waals surface area contributed by atoms with Crippen molar-refractivity contribution in [1.82, 2.24) is 10.2 Å². The smallest absolute Gasteiger partial charge is 0.0628 e. The van der Waals surface area contributed by atoms with Crippen LogP contribution < -0.4 is 5.32 Å². The van der Waals surface area contributed by atoms with Crippen molar-refractivity contribution in [3.8, 4) is 0 Å². The van der Waals surface area contributed by atoms with Gasteiger partial charge < -0.3 is 20.1 Å². The van der Waals surface area contributed by atoms with E-state index in [-0.39, 0.29) is 18.2 Å². The molecule has 0 amide bonds. The van der Waals surface area contributed by atoms with Gasteiger partial charge in [0, 0.05) is 19.1 Å². The summed E-state index contributed by atoms with van der Waals surface area (Å²) < 4.78 is 5.59. The summed E-state index contributed by atoms with van der Waals surface area (Å²) in [5, 5.41) is 13.5. The minimum absolute atomic E-state index is 0.138. The van der Waals surface area contributed by atoms with Crippen LogP contribution in [0.4, 0.5) is 0 Å². The Morgan fingerprint density at radius 3 is 2.37 bits per heavy atom. The van der Waals surface area contributed by atoms with Crippen molar-refractivity contribution in [1.29, 1.82) is 0 Å². The molecule has 0 aromatic heterocycles. The van der Waals surface area contributed by atoms with Crippen LogP contribution in [0.25, 0.3) is 0 Å². The molecule has 1 atom stereocenters. The minimum atomic E-state index is -0.138. The summed E-state index contributed by atoms with van der Waals surface area (Å²) in [5.74, 6) is 0.619. The first-order valence-corrected chi connectivity index (χ1v) is 7.58. The molecule has 0 aromatic rings. The van der Waals surface area contributed by atoms with E-state index in [0.717, 1.165) is 19.7 Å². The molecular weight excluding hydrogens is 240 g/mol. The molecule has 1 fully saturated rings. The number of hydrogen-bond donors (Lipinski definition) is 2. The van der Waals surface area contributed by atoms with Gasteiger partial charge in [-0.15, -0.1) is 0 Å². The molecule has 0 aromatic carbocycles. The summed E-state index contributed by atoms with van der Waals surface area (Å²) in [7, 11) is 2.11. The van der Waals surface area contributed by atoms with E-state index in [2.05, 4.69) is 45.0 Å². The van der Waals surface area contributed by atoms with Crippen molar-refractivity contribution < 1.29 is 9.84 Å². The van der Waals surface area contributed by atoms with Crippen LogP contribution in [0.3, 0.4) is 0 Å². The number of aliphatic hydroxyl groups is 1. The quantitative estimate of drug-likeness (QED) is 0.632. The van der Waals surface area contributed by atoms with Crippen LogP contribution in [0.1, 0.15) is 40.5 Å². The van der Waals surface area contributed by atoms with Crippen LogP contribution in [0, 0.1) is 5.92 Å². The van der Waals surface area contributed by atoms with Crippen molar-refractivity contribution in [2.75, 3.05) is 33.4 Å². The molecule has 114 valence electrons. The predicted octanol–water partition coefficient (Wildman–Crippen LogP) is 1.48. The molecule has 0 spiro atoms. The molecule has 0 aliphatic heterocycles. The molecule has 0 heterocycles. The maximum atomic E-state index is 9.88. The number of hydrogen-bond acceptors (Lipinski definition) is 4. The maximum absolute atomic E-state index is 9.88. The van der Waals surface area contributed by atoms with Crippen molar-refractivity contribution in [3.63, 3.8) is 0 Å². The lowest BCUT2D eigenvalue weighted by Gasteiger charge is -2.38. The molecule has 1 saturated carbocycles. The van der Waals surface area contributed by atoms with E-state index in [1.807, 2.05) is 0 Å². The van der Waals surface area contributed by atoms with Gasteiger partial charge in [0.15, 0.2) is 0 Å². The van der Waals surface area contributed by atoms with Crippen LogP contribution in [-0.4, -0.2) is 61.0 Å². The number of rotatable bonds is 10. The molecule has 19 heavy (non-hydrogen) atoms. The summed E-state index contributed by atoms with van der Waals surface area (Å²) in [6, 6.07) is 0.396. The third kappa shape index (κ3) is 5.78. The van der Waals surface area contributed by atoms with Gasteiger partial charge in [-0.25, -0.2) is 0 Å². The second-order valence-electron chi connectivity index (χ2n) is 6.54. The Morgan fingerprint density at radius 2 is 1.95 bits per heavy atom. The second-order valence-corrected chi connectivity index (χ2v) is 6.54. The Kier molecular flexibility index (Phi) is 6.74. The fourth-order valence-corrected chi connectivity index (χ4v) is 2.73. The van der Waals surface area contributed by atoms with Gasteiger partial charge in [-0.3, -0.25) is 0 Å². The number of likely N-dealkylation sites (N-methyl/N-ethyl adjacent to an activating group) is 1. The lowest BCUT2D eigenvalue weighted by Crippen LogP contribution is -2.59. The average Bonchev–Trinajstić information content (AvgIpc) is 3.10. The highest BCUT2D eigenvalue weighted by Gasteiger charge is 2.45. The highest BCUT2D eigenvalue weighted by molar-refractivity contribution is 5.03. The van der Waals surface area contributed by atoms with E-state index >= 15 is 0 Å². The largest absolute Gasteiger partial charge is 0.394 e. The van der Waals surface area contributed by atoms with Crippen molar-refractivity contribution in [2.45, 2.75) is 58.2 Å². The first kappa shape index (κ1) is 16.9. The van der Waals surface area contributed by atoms with Crippen molar-refractivity contribution in [2.24, 2.45) is 5.92 Å². The molecule has 0 radical (unpaired) electrons. The normalized spacial score (nSPS) is 19.4. The summed E-state index contributed by atoms with van der Waals surface area (Å²) >= 11 is 0. The number of aliphatic hydroxyl groups excluding tert-OH is 1. The van der Waals surface area contributed by atoms with E-state index in [9.17, 15) is 5.11 Å². The Hall–Kier alpha value is -0.160. The van der Waals surface area contributed by atoms with Crippen molar-refractivity contribution in [3.05, 3.63) is 0 Å². The molecule has 2 N–H and O–H groups in total. The first-order chi connectivity index (χ1) is 8.89. The number of nitrogens with one attached hydrogen (secondary N) is 1. The Labute approximate surface area is 118 Å². The molecule has 1 unspecified atom stereocenters. The zero-order valence-corrected chi connectivity index (χ0v) is 13.3.